The van der Waals surface area contributed by atoms with E-state index in [1.54, 1.807) is 24.3 Å². The number of ether oxygens (including phenoxy) is 1. The van der Waals surface area contributed by atoms with Crippen LogP contribution in [0.2, 0.25) is 0 Å². The Bertz CT molecular complexity index is 1240. The van der Waals surface area contributed by atoms with Gasteiger partial charge in [-0.25, -0.2) is 0 Å². The van der Waals surface area contributed by atoms with Gasteiger partial charge in [-0.3, -0.25) is 8.37 Å². The first-order valence-electron chi connectivity index (χ1n) is 10.2. The topological polar surface area (TPSA) is 96.0 Å². The number of hydrogen-bond acceptors (Lipinski definition) is 7. The van der Waals surface area contributed by atoms with Crippen LogP contribution in [-0.2, 0) is 39.9 Å². The number of aryl methyl sites for hydroxylation is 2. The van der Waals surface area contributed by atoms with E-state index in [-0.39, 0.29) is 23.0 Å². The van der Waals surface area contributed by atoms with Crippen molar-refractivity contribution in [3.63, 3.8) is 0 Å². The third-order valence-electron chi connectivity index (χ3n) is 4.71. The van der Waals surface area contributed by atoms with Gasteiger partial charge in [0.15, 0.2) is 0 Å². The number of hydrogen-bond donors (Lipinski definition) is 0. The van der Waals surface area contributed by atoms with Crippen LogP contribution in [-0.4, -0.2) is 36.2 Å². The lowest BCUT2D eigenvalue weighted by molar-refractivity contribution is 0.0229. The summed E-state index contributed by atoms with van der Waals surface area (Å²) in [6.45, 7) is 3.15. The molecule has 0 saturated carbocycles. The highest BCUT2D eigenvalue weighted by molar-refractivity contribution is 7.87. The van der Waals surface area contributed by atoms with Gasteiger partial charge in [-0.2, -0.15) is 16.8 Å². The van der Waals surface area contributed by atoms with Crippen LogP contribution in [0.25, 0.3) is 0 Å². The Morgan fingerprint density at radius 1 is 0.667 bits per heavy atom. The maximum absolute atomic E-state index is 12.7. The summed E-state index contributed by atoms with van der Waals surface area (Å²) in [4.78, 5) is -0.0685. The Morgan fingerprint density at radius 2 is 1.18 bits per heavy atom. The minimum absolute atomic E-state index is 0.0292. The van der Waals surface area contributed by atoms with E-state index in [1.807, 2.05) is 44.2 Å². The molecular weight excluding hydrogens is 464 g/mol. The number of rotatable bonds is 11. The van der Waals surface area contributed by atoms with Gasteiger partial charge < -0.3 is 4.74 Å². The van der Waals surface area contributed by atoms with Gasteiger partial charge in [-0.1, -0.05) is 65.7 Å². The van der Waals surface area contributed by atoms with Crippen LogP contribution >= 0.6 is 0 Å². The molecular formula is C24H26O7S2. The van der Waals surface area contributed by atoms with Crippen LogP contribution in [0, 0.1) is 13.8 Å². The Morgan fingerprint density at radius 3 is 1.73 bits per heavy atom. The Hall–Kier alpha value is -2.56. The monoisotopic (exact) mass is 490 g/mol. The molecule has 0 aliphatic carbocycles. The SMILES string of the molecule is Cc1ccc(S(=O)(=O)OCC(COCc2ccccc2)OS(=O)(=O)c2ccc(C)cc2)cc1. The van der Waals surface area contributed by atoms with Gasteiger partial charge in [-0.15, -0.1) is 0 Å². The highest BCUT2D eigenvalue weighted by atomic mass is 32.2. The van der Waals surface area contributed by atoms with E-state index < -0.39 is 32.9 Å². The number of benzene rings is 3. The van der Waals surface area contributed by atoms with E-state index in [0.29, 0.717) is 0 Å². The molecule has 0 bridgehead atoms. The van der Waals surface area contributed by atoms with Crippen LogP contribution in [0.1, 0.15) is 16.7 Å². The van der Waals surface area contributed by atoms with E-state index in [4.69, 9.17) is 13.1 Å². The minimum atomic E-state index is -4.16. The molecule has 7 nitrogen and oxygen atoms in total. The van der Waals surface area contributed by atoms with Crippen molar-refractivity contribution in [3.05, 3.63) is 95.6 Å². The summed E-state index contributed by atoms with van der Waals surface area (Å²) >= 11 is 0. The second-order valence-electron chi connectivity index (χ2n) is 7.54. The van der Waals surface area contributed by atoms with Crippen LogP contribution < -0.4 is 0 Å². The largest absolute Gasteiger partial charge is 0.374 e. The summed E-state index contributed by atoms with van der Waals surface area (Å²) in [6, 6.07) is 21.6. The van der Waals surface area contributed by atoms with Crippen molar-refractivity contribution in [3.8, 4) is 0 Å². The molecule has 0 spiro atoms. The van der Waals surface area contributed by atoms with Crippen LogP contribution in [0.4, 0.5) is 0 Å². The third kappa shape index (κ3) is 7.48. The fourth-order valence-electron chi connectivity index (χ4n) is 2.86. The fourth-order valence-corrected chi connectivity index (χ4v) is 4.85. The summed E-state index contributed by atoms with van der Waals surface area (Å²) < 4.78 is 66.6. The molecule has 176 valence electrons. The van der Waals surface area contributed by atoms with Gasteiger partial charge in [-0.05, 0) is 43.7 Å². The summed E-state index contributed by atoms with van der Waals surface area (Å²) in [5.74, 6) is 0. The Kier molecular flexibility index (Phi) is 8.39. The molecule has 0 aromatic heterocycles. The van der Waals surface area contributed by atoms with Crippen molar-refractivity contribution >= 4 is 20.2 Å². The molecule has 0 aliphatic rings. The van der Waals surface area contributed by atoms with Crippen molar-refractivity contribution in [2.45, 2.75) is 36.3 Å². The summed E-state index contributed by atoms with van der Waals surface area (Å²) in [5.41, 5.74) is 2.67. The molecule has 33 heavy (non-hydrogen) atoms. The summed E-state index contributed by atoms with van der Waals surface area (Å²) in [5, 5.41) is 0. The van der Waals surface area contributed by atoms with Gasteiger partial charge in [0.1, 0.15) is 6.10 Å². The average molecular weight is 491 g/mol. The molecule has 0 saturated heterocycles. The Balaban J connectivity index is 1.72. The zero-order chi connectivity index (χ0) is 23.9. The van der Waals surface area contributed by atoms with Crippen molar-refractivity contribution in [1.29, 1.82) is 0 Å². The maximum atomic E-state index is 12.7. The minimum Gasteiger partial charge on any atom is -0.374 e. The molecule has 3 aromatic rings. The summed E-state index contributed by atoms with van der Waals surface area (Å²) in [6.07, 6.45) is -1.18. The molecule has 0 aliphatic heterocycles. The predicted octanol–water partition coefficient (Wildman–Crippen LogP) is 4.00. The zero-order valence-corrected chi connectivity index (χ0v) is 20.0. The van der Waals surface area contributed by atoms with E-state index in [1.165, 1.54) is 24.3 Å². The van der Waals surface area contributed by atoms with Gasteiger partial charge >= 0.3 is 0 Å². The molecule has 0 heterocycles. The highest BCUT2D eigenvalue weighted by Crippen LogP contribution is 2.18. The van der Waals surface area contributed by atoms with Gasteiger partial charge in [0.05, 0.1) is 29.6 Å². The van der Waals surface area contributed by atoms with E-state index in [9.17, 15) is 16.8 Å². The molecule has 3 rings (SSSR count). The first-order valence-corrected chi connectivity index (χ1v) is 13.0. The van der Waals surface area contributed by atoms with E-state index in [0.717, 1.165) is 16.7 Å². The van der Waals surface area contributed by atoms with Crippen LogP contribution in [0.5, 0.6) is 0 Å². The molecule has 0 amide bonds. The lowest BCUT2D eigenvalue weighted by Crippen LogP contribution is -2.30. The zero-order valence-electron chi connectivity index (χ0n) is 18.4. The quantitative estimate of drug-likeness (QED) is 0.375. The maximum Gasteiger partial charge on any atom is 0.297 e. The van der Waals surface area contributed by atoms with Crippen molar-refractivity contribution in [2.24, 2.45) is 0 Å². The van der Waals surface area contributed by atoms with E-state index >= 15 is 0 Å². The second-order valence-corrected chi connectivity index (χ2v) is 10.7. The lowest BCUT2D eigenvalue weighted by Gasteiger charge is -2.18. The average Bonchev–Trinajstić information content (AvgIpc) is 2.78. The predicted molar refractivity (Wildman–Crippen MR) is 124 cm³/mol. The normalized spacial score (nSPS) is 13.0. The standard InChI is InChI=1S/C24H26O7S2/c1-19-8-12-23(13-9-19)32(25,26)30-18-22(17-29-16-21-6-4-3-5-7-21)31-33(27,28)24-14-10-20(2)11-15-24/h3-15,22H,16-18H2,1-2H3. The van der Waals surface area contributed by atoms with E-state index in [2.05, 4.69) is 0 Å². The van der Waals surface area contributed by atoms with Crippen molar-refractivity contribution in [1.82, 2.24) is 0 Å². The molecule has 1 unspecified atom stereocenters. The molecule has 3 aromatic carbocycles. The van der Waals surface area contributed by atoms with Crippen molar-refractivity contribution < 1.29 is 29.9 Å². The highest BCUT2D eigenvalue weighted by Gasteiger charge is 2.25. The third-order valence-corrected chi connectivity index (χ3v) is 7.38. The molecule has 0 N–H and O–H groups in total. The van der Waals surface area contributed by atoms with Gasteiger partial charge in [0.2, 0.25) is 0 Å². The van der Waals surface area contributed by atoms with Crippen LogP contribution in [0.15, 0.2) is 88.7 Å². The molecule has 1 atom stereocenters. The van der Waals surface area contributed by atoms with Crippen LogP contribution in [0.3, 0.4) is 0 Å². The second kappa shape index (κ2) is 11.0. The Labute approximate surface area is 195 Å². The molecule has 9 heteroatoms. The fraction of sp³-hybridized carbons (Fsp3) is 0.250. The summed E-state index contributed by atoms with van der Waals surface area (Å²) in [7, 11) is -8.27. The first kappa shape index (κ1) is 25.1. The lowest BCUT2D eigenvalue weighted by atomic mass is 10.2. The first-order chi connectivity index (χ1) is 15.7. The molecule has 0 radical (unpaired) electrons. The smallest absolute Gasteiger partial charge is 0.297 e. The van der Waals surface area contributed by atoms with Gasteiger partial charge in [0.25, 0.3) is 20.2 Å². The van der Waals surface area contributed by atoms with Gasteiger partial charge in [0, 0.05) is 0 Å². The molecule has 0 fully saturated rings. The van der Waals surface area contributed by atoms with Crippen molar-refractivity contribution in [2.75, 3.05) is 13.2 Å².